The van der Waals surface area contributed by atoms with Crippen molar-refractivity contribution in [3.05, 3.63) is 81.2 Å². The highest BCUT2D eigenvalue weighted by Crippen LogP contribution is 2.26. The first-order valence-corrected chi connectivity index (χ1v) is 12.1. The molecule has 1 N–H and O–H groups in total. The fraction of sp³-hybridized carbons (Fsp3) is 0.308. The summed E-state index contributed by atoms with van der Waals surface area (Å²) in [5.41, 5.74) is 1.08. The maximum absolute atomic E-state index is 13.2. The molecule has 0 aliphatic heterocycles. The topological polar surface area (TPSA) is 92.6 Å². The fourth-order valence-corrected chi connectivity index (χ4v) is 4.68. The van der Waals surface area contributed by atoms with E-state index in [4.69, 9.17) is 16.3 Å². The number of ether oxygens (including phenoxy) is 1. The van der Waals surface area contributed by atoms with Gasteiger partial charge in [0.25, 0.3) is 17.2 Å². The van der Waals surface area contributed by atoms with E-state index in [9.17, 15) is 9.59 Å². The molecule has 0 spiro atoms. The van der Waals surface area contributed by atoms with E-state index in [2.05, 4.69) is 15.1 Å². The summed E-state index contributed by atoms with van der Waals surface area (Å²) in [7, 11) is 1.85. The van der Waals surface area contributed by atoms with Gasteiger partial charge in [0, 0.05) is 18.7 Å². The number of halogens is 1. The Bertz CT molecular complexity index is 1410. The zero-order chi connectivity index (χ0) is 24.4. The summed E-state index contributed by atoms with van der Waals surface area (Å²) in [5, 5.41) is 2.88. The van der Waals surface area contributed by atoms with Crippen molar-refractivity contribution in [2.75, 3.05) is 7.05 Å². The molecule has 0 bridgehead atoms. The SMILES string of the molecule is CN(C(=O)c1ccccc1OCc1nc2nc(-c3ccccc3)[nH]n2c(=O)c1Cl)C1CCCCC1. The summed E-state index contributed by atoms with van der Waals surface area (Å²) in [6, 6.07) is 16.8. The van der Waals surface area contributed by atoms with E-state index in [1.807, 2.05) is 48.3 Å². The van der Waals surface area contributed by atoms with Crippen molar-refractivity contribution in [3.63, 3.8) is 0 Å². The zero-order valence-corrected chi connectivity index (χ0v) is 20.2. The van der Waals surface area contributed by atoms with Gasteiger partial charge in [-0.3, -0.25) is 14.7 Å². The second kappa shape index (κ2) is 9.92. The fourth-order valence-electron chi connectivity index (χ4n) is 4.50. The Hall–Kier alpha value is -3.65. The van der Waals surface area contributed by atoms with Crippen LogP contribution in [0.1, 0.15) is 48.2 Å². The van der Waals surface area contributed by atoms with Crippen LogP contribution in [0.25, 0.3) is 17.2 Å². The molecule has 0 atom stereocenters. The van der Waals surface area contributed by atoms with Crippen molar-refractivity contribution in [1.82, 2.24) is 24.5 Å². The molecule has 5 rings (SSSR count). The second-order valence-electron chi connectivity index (χ2n) is 8.74. The van der Waals surface area contributed by atoms with E-state index >= 15 is 0 Å². The summed E-state index contributed by atoms with van der Waals surface area (Å²) < 4.78 is 7.19. The van der Waals surface area contributed by atoms with Crippen molar-refractivity contribution in [2.45, 2.75) is 44.8 Å². The maximum atomic E-state index is 13.2. The summed E-state index contributed by atoms with van der Waals surface area (Å²) in [6.45, 7) is -0.0739. The van der Waals surface area contributed by atoms with Gasteiger partial charge >= 0.3 is 0 Å². The van der Waals surface area contributed by atoms with Gasteiger partial charge in [-0.25, -0.2) is 4.98 Å². The smallest absolute Gasteiger partial charge is 0.293 e. The van der Waals surface area contributed by atoms with Gasteiger partial charge in [-0.15, -0.1) is 0 Å². The van der Waals surface area contributed by atoms with Gasteiger partial charge in [0.1, 0.15) is 23.1 Å². The number of benzene rings is 2. The van der Waals surface area contributed by atoms with Crippen LogP contribution in [0.15, 0.2) is 59.4 Å². The largest absolute Gasteiger partial charge is 0.486 e. The highest BCUT2D eigenvalue weighted by atomic mass is 35.5. The standard InChI is InChI=1S/C26H26ClN5O3/c1-31(18-12-6-3-7-13-18)24(33)19-14-8-9-15-21(19)35-16-20-22(27)25(34)32-26(28-20)29-23(30-32)17-10-4-2-5-11-17/h2,4-5,8-11,14-15,18H,3,6-7,12-13,16H2,1H3,(H,28,29,30). The van der Waals surface area contributed by atoms with E-state index in [0.29, 0.717) is 17.1 Å². The van der Waals surface area contributed by atoms with E-state index in [0.717, 1.165) is 31.2 Å². The first kappa shape index (κ1) is 23.1. The van der Waals surface area contributed by atoms with Gasteiger partial charge in [0.05, 0.1) is 5.56 Å². The van der Waals surface area contributed by atoms with Crippen LogP contribution in [0.3, 0.4) is 0 Å². The highest BCUT2D eigenvalue weighted by Gasteiger charge is 2.25. The van der Waals surface area contributed by atoms with Crippen LogP contribution in [0.2, 0.25) is 5.02 Å². The molecule has 2 aromatic heterocycles. The number of hydrogen-bond acceptors (Lipinski definition) is 5. The molecule has 4 aromatic rings. The van der Waals surface area contributed by atoms with E-state index in [1.165, 1.54) is 10.9 Å². The van der Waals surface area contributed by atoms with Crippen LogP contribution in [0, 0.1) is 0 Å². The zero-order valence-electron chi connectivity index (χ0n) is 19.4. The molecule has 1 amide bonds. The number of aromatic amines is 1. The van der Waals surface area contributed by atoms with Crippen LogP contribution in [-0.2, 0) is 6.61 Å². The van der Waals surface area contributed by atoms with Crippen molar-refractivity contribution in [1.29, 1.82) is 0 Å². The predicted molar refractivity (Wildman–Crippen MR) is 134 cm³/mol. The van der Waals surface area contributed by atoms with Crippen LogP contribution >= 0.6 is 11.6 Å². The maximum Gasteiger partial charge on any atom is 0.293 e. The van der Waals surface area contributed by atoms with Gasteiger partial charge < -0.3 is 9.64 Å². The minimum absolute atomic E-state index is 0.0612. The lowest BCUT2D eigenvalue weighted by atomic mass is 9.94. The van der Waals surface area contributed by atoms with Gasteiger partial charge in [0.2, 0.25) is 0 Å². The first-order valence-electron chi connectivity index (χ1n) is 11.7. The predicted octanol–water partition coefficient (Wildman–Crippen LogP) is 4.72. The minimum atomic E-state index is -0.466. The quantitative estimate of drug-likeness (QED) is 0.421. The third-order valence-electron chi connectivity index (χ3n) is 6.48. The van der Waals surface area contributed by atoms with Crippen LogP contribution < -0.4 is 10.3 Å². The molecule has 35 heavy (non-hydrogen) atoms. The number of para-hydroxylation sites is 1. The van der Waals surface area contributed by atoms with Crippen molar-refractivity contribution >= 4 is 23.3 Å². The Balaban J connectivity index is 1.39. The summed E-state index contributed by atoms with van der Waals surface area (Å²) in [5.74, 6) is 1.04. The number of amides is 1. The minimum Gasteiger partial charge on any atom is -0.486 e. The highest BCUT2D eigenvalue weighted by molar-refractivity contribution is 6.31. The molecule has 1 aliphatic carbocycles. The van der Waals surface area contributed by atoms with Gasteiger partial charge in [-0.2, -0.15) is 9.50 Å². The summed E-state index contributed by atoms with van der Waals surface area (Å²) in [4.78, 5) is 36.8. The lowest BCUT2D eigenvalue weighted by molar-refractivity contribution is 0.0691. The number of nitrogens with one attached hydrogen (secondary N) is 1. The Kier molecular flexibility index (Phi) is 6.55. The van der Waals surface area contributed by atoms with Gasteiger partial charge in [-0.05, 0) is 25.0 Å². The van der Waals surface area contributed by atoms with E-state index in [-0.39, 0.29) is 35.1 Å². The molecule has 9 heteroatoms. The van der Waals surface area contributed by atoms with Crippen molar-refractivity contribution in [3.8, 4) is 17.1 Å². The molecular weight excluding hydrogens is 466 g/mol. The molecule has 8 nitrogen and oxygen atoms in total. The van der Waals surface area contributed by atoms with E-state index in [1.54, 1.807) is 18.2 Å². The second-order valence-corrected chi connectivity index (χ2v) is 9.12. The molecule has 1 aliphatic rings. The molecular formula is C26H26ClN5O3. The number of carbonyl (C=O) groups excluding carboxylic acids is 1. The normalized spacial score (nSPS) is 14.2. The summed E-state index contributed by atoms with van der Waals surface area (Å²) in [6.07, 6.45) is 5.54. The van der Waals surface area contributed by atoms with Gasteiger partial charge in [0.15, 0.2) is 5.82 Å². The van der Waals surface area contributed by atoms with Crippen molar-refractivity contribution in [2.24, 2.45) is 0 Å². The lowest BCUT2D eigenvalue weighted by Gasteiger charge is -2.31. The van der Waals surface area contributed by atoms with Gasteiger partial charge in [-0.1, -0.05) is 73.3 Å². The molecule has 1 saturated carbocycles. The number of nitrogens with zero attached hydrogens (tertiary/aromatic N) is 4. The number of H-pyrrole nitrogens is 1. The van der Waals surface area contributed by atoms with Crippen LogP contribution in [0.4, 0.5) is 0 Å². The molecule has 2 heterocycles. The lowest BCUT2D eigenvalue weighted by Crippen LogP contribution is -2.38. The molecule has 0 saturated heterocycles. The number of carbonyl (C=O) groups is 1. The Morgan fingerprint density at radius 2 is 1.80 bits per heavy atom. The number of fused-ring (bicyclic) bond motifs is 1. The van der Waals surface area contributed by atoms with Crippen molar-refractivity contribution < 1.29 is 9.53 Å². The molecule has 1 fully saturated rings. The molecule has 0 radical (unpaired) electrons. The Morgan fingerprint density at radius 3 is 2.57 bits per heavy atom. The number of aromatic nitrogens is 4. The van der Waals surface area contributed by atoms with E-state index < -0.39 is 5.56 Å². The summed E-state index contributed by atoms with van der Waals surface area (Å²) >= 11 is 6.35. The Labute approximate surface area is 207 Å². The third-order valence-corrected chi connectivity index (χ3v) is 6.86. The average molecular weight is 492 g/mol. The average Bonchev–Trinajstić information content (AvgIpc) is 3.35. The number of rotatable bonds is 6. The molecule has 180 valence electrons. The monoisotopic (exact) mass is 491 g/mol. The van der Waals surface area contributed by atoms with Crippen LogP contribution in [-0.4, -0.2) is 43.5 Å². The number of hydrogen-bond donors (Lipinski definition) is 1. The third kappa shape index (κ3) is 4.66. The first-order chi connectivity index (χ1) is 17.0. The molecule has 2 aromatic carbocycles. The Morgan fingerprint density at radius 1 is 1.09 bits per heavy atom. The molecule has 0 unspecified atom stereocenters. The van der Waals surface area contributed by atoms with Crippen LogP contribution in [0.5, 0.6) is 5.75 Å².